The molecule has 1 unspecified atom stereocenters. The van der Waals surface area contributed by atoms with Crippen molar-refractivity contribution < 1.29 is 9.53 Å². The zero-order chi connectivity index (χ0) is 13.1. The van der Waals surface area contributed by atoms with E-state index in [-0.39, 0.29) is 12.1 Å². The zero-order valence-electron chi connectivity index (χ0n) is 11.2. The minimum atomic E-state index is -0.209. The Kier molecular flexibility index (Phi) is 3.87. The van der Waals surface area contributed by atoms with Gasteiger partial charge in [-0.3, -0.25) is 0 Å². The fourth-order valence-corrected chi connectivity index (χ4v) is 2.39. The zero-order valence-corrected chi connectivity index (χ0v) is 11.2. The van der Waals surface area contributed by atoms with Crippen LogP contribution < -0.4 is 5.32 Å². The first kappa shape index (κ1) is 12.9. The number of nitrogens with zero attached hydrogens (tertiary/aromatic N) is 1. The van der Waals surface area contributed by atoms with Crippen molar-refractivity contribution in [2.45, 2.75) is 19.9 Å². The van der Waals surface area contributed by atoms with E-state index in [0.717, 1.165) is 0 Å². The number of carbonyl (C=O) groups excluding carboxylic acids is 1. The Morgan fingerprint density at radius 1 is 1.33 bits per heavy atom. The van der Waals surface area contributed by atoms with E-state index in [1.807, 2.05) is 7.05 Å². The fourth-order valence-electron chi connectivity index (χ4n) is 2.39. The highest BCUT2D eigenvalue weighted by Crippen LogP contribution is 2.19. The topological polar surface area (TPSA) is 41.6 Å². The standard InChI is InChI=1S/C14H20N2O2/c1-10-6-11(2)8-12(7-10)13(15-3)9-16-4-5-18-14(16)17/h6-8,13,15H,4-5,9H2,1-3H3. The number of aryl methyl sites for hydroxylation is 2. The first-order chi connectivity index (χ1) is 8.60. The van der Waals surface area contributed by atoms with Gasteiger partial charge in [0.2, 0.25) is 0 Å². The van der Waals surface area contributed by atoms with Crippen LogP contribution in [0.5, 0.6) is 0 Å². The summed E-state index contributed by atoms with van der Waals surface area (Å²) in [5, 5.41) is 3.27. The molecular weight excluding hydrogens is 228 g/mol. The van der Waals surface area contributed by atoms with Gasteiger partial charge in [-0.15, -0.1) is 0 Å². The second-order valence-electron chi connectivity index (χ2n) is 4.82. The third kappa shape index (κ3) is 2.82. The van der Waals surface area contributed by atoms with Crippen LogP contribution >= 0.6 is 0 Å². The summed E-state index contributed by atoms with van der Waals surface area (Å²) in [6, 6.07) is 6.63. The van der Waals surface area contributed by atoms with Crippen molar-refractivity contribution in [3.05, 3.63) is 34.9 Å². The van der Waals surface area contributed by atoms with Crippen LogP contribution in [0, 0.1) is 13.8 Å². The Labute approximate surface area is 108 Å². The number of cyclic esters (lactones) is 1. The number of carbonyl (C=O) groups is 1. The largest absolute Gasteiger partial charge is 0.448 e. The lowest BCUT2D eigenvalue weighted by molar-refractivity contribution is 0.156. The van der Waals surface area contributed by atoms with Crippen molar-refractivity contribution in [1.82, 2.24) is 10.2 Å². The van der Waals surface area contributed by atoms with Gasteiger partial charge in [0.25, 0.3) is 0 Å². The molecule has 1 aromatic rings. The number of benzene rings is 1. The Balaban J connectivity index is 2.14. The maximum Gasteiger partial charge on any atom is 0.410 e. The van der Waals surface area contributed by atoms with Crippen molar-refractivity contribution in [1.29, 1.82) is 0 Å². The Morgan fingerprint density at radius 3 is 2.50 bits per heavy atom. The molecule has 0 aliphatic carbocycles. The summed E-state index contributed by atoms with van der Waals surface area (Å²) < 4.78 is 4.95. The second-order valence-corrected chi connectivity index (χ2v) is 4.82. The molecule has 1 fully saturated rings. The first-order valence-corrected chi connectivity index (χ1v) is 6.27. The number of amides is 1. The molecule has 0 aromatic heterocycles. The van der Waals surface area contributed by atoms with E-state index < -0.39 is 0 Å². The Bertz CT molecular complexity index is 425. The maximum absolute atomic E-state index is 11.5. The molecule has 1 aliphatic rings. The van der Waals surface area contributed by atoms with Crippen LogP contribution in [-0.4, -0.2) is 37.7 Å². The van der Waals surface area contributed by atoms with Crippen molar-refractivity contribution in [2.24, 2.45) is 0 Å². The van der Waals surface area contributed by atoms with E-state index in [1.165, 1.54) is 16.7 Å². The molecule has 0 radical (unpaired) electrons. The molecule has 2 rings (SSSR count). The van der Waals surface area contributed by atoms with E-state index in [0.29, 0.717) is 19.7 Å². The van der Waals surface area contributed by atoms with Crippen LogP contribution in [-0.2, 0) is 4.74 Å². The Hall–Kier alpha value is -1.55. The van der Waals surface area contributed by atoms with Crippen molar-refractivity contribution >= 4 is 6.09 Å². The minimum Gasteiger partial charge on any atom is -0.448 e. The van der Waals surface area contributed by atoms with E-state index in [2.05, 4.69) is 37.4 Å². The number of likely N-dealkylation sites (N-methyl/N-ethyl adjacent to an activating group) is 1. The van der Waals surface area contributed by atoms with Crippen molar-refractivity contribution in [3.8, 4) is 0 Å². The molecule has 4 nitrogen and oxygen atoms in total. The van der Waals surface area contributed by atoms with Crippen LogP contribution in [0.4, 0.5) is 4.79 Å². The molecule has 1 saturated heterocycles. The molecule has 98 valence electrons. The van der Waals surface area contributed by atoms with Crippen LogP contribution in [0.1, 0.15) is 22.7 Å². The van der Waals surface area contributed by atoms with Gasteiger partial charge in [0.05, 0.1) is 6.54 Å². The van der Waals surface area contributed by atoms with E-state index in [4.69, 9.17) is 4.74 Å². The van der Waals surface area contributed by atoms with Crippen molar-refractivity contribution in [3.63, 3.8) is 0 Å². The number of ether oxygens (including phenoxy) is 1. The average molecular weight is 248 g/mol. The highest BCUT2D eigenvalue weighted by molar-refractivity contribution is 5.69. The van der Waals surface area contributed by atoms with Gasteiger partial charge < -0.3 is 15.0 Å². The second kappa shape index (κ2) is 5.40. The maximum atomic E-state index is 11.5. The van der Waals surface area contributed by atoms with Gasteiger partial charge in [-0.2, -0.15) is 0 Å². The van der Waals surface area contributed by atoms with Crippen molar-refractivity contribution in [2.75, 3.05) is 26.7 Å². The molecule has 1 N–H and O–H groups in total. The molecule has 0 saturated carbocycles. The number of nitrogens with one attached hydrogen (secondary N) is 1. The molecule has 1 heterocycles. The summed E-state index contributed by atoms with van der Waals surface area (Å²) in [4.78, 5) is 13.2. The van der Waals surface area contributed by atoms with Crippen LogP contribution in [0.25, 0.3) is 0 Å². The van der Waals surface area contributed by atoms with E-state index >= 15 is 0 Å². The lowest BCUT2D eigenvalue weighted by atomic mass is 10.0. The fraction of sp³-hybridized carbons (Fsp3) is 0.500. The summed E-state index contributed by atoms with van der Waals surface area (Å²) in [7, 11) is 1.92. The van der Waals surface area contributed by atoms with Gasteiger partial charge in [-0.1, -0.05) is 29.3 Å². The smallest absolute Gasteiger partial charge is 0.410 e. The van der Waals surface area contributed by atoms with Gasteiger partial charge >= 0.3 is 6.09 Å². The molecule has 0 bridgehead atoms. The van der Waals surface area contributed by atoms with Gasteiger partial charge in [-0.25, -0.2) is 4.79 Å². The average Bonchev–Trinajstić information content (AvgIpc) is 2.70. The van der Waals surface area contributed by atoms with Gasteiger partial charge in [-0.05, 0) is 26.5 Å². The van der Waals surface area contributed by atoms with Gasteiger partial charge in [0.1, 0.15) is 6.61 Å². The molecule has 4 heteroatoms. The first-order valence-electron chi connectivity index (χ1n) is 6.27. The van der Waals surface area contributed by atoms with E-state index in [9.17, 15) is 4.79 Å². The third-order valence-electron chi connectivity index (χ3n) is 3.24. The third-order valence-corrected chi connectivity index (χ3v) is 3.24. The molecule has 18 heavy (non-hydrogen) atoms. The predicted octanol–water partition coefficient (Wildman–Crippen LogP) is 2.02. The summed E-state index contributed by atoms with van der Waals surface area (Å²) in [5.74, 6) is 0. The summed E-state index contributed by atoms with van der Waals surface area (Å²) in [6.07, 6.45) is -0.209. The minimum absolute atomic E-state index is 0.147. The van der Waals surface area contributed by atoms with Gasteiger partial charge in [0, 0.05) is 12.6 Å². The van der Waals surface area contributed by atoms with Crippen LogP contribution in [0.2, 0.25) is 0 Å². The number of hydrogen-bond acceptors (Lipinski definition) is 3. The molecule has 1 amide bonds. The lowest BCUT2D eigenvalue weighted by Gasteiger charge is -2.22. The Morgan fingerprint density at radius 2 is 2.00 bits per heavy atom. The van der Waals surface area contributed by atoms with Crippen LogP contribution in [0.15, 0.2) is 18.2 Å². The van der Waals surface area contributed by atoms with Crippen LogP contribution in [0.3, 0.4) is 0 Å². The summed E-state index contributed by atoms with van der Waals surface area (Å²) in [5.41, 5.74) is 3.71. The molecular formula is C14H20N2O2. The molecule has 1 aromatic carbocycles. The molecule has 1 aliphatic heterocycles. The molecule has 1 atom stereocenters. The lowest BCUT2D eigenvalue weighted by Crippen LogP contribution is -2.34. The number of hydrogen-bond donors (Lipinski definition) is 1. The monoisotopic (exact) mass is 248 g/mol. The summed E-state index contributed by atoms with van der Waals surface area (Å²) >= 11 is 0. The number of rotatable bonds is 4. The SMILES string of the molecule is CNC(CN1CCOC1=O)c1cc(C)cc(C)c1. The highest BCUT2D eigenvalue weighted by Gasteiger charge is 2.25. The highest BCUT2D eigenvalue weighted by atomic mass is 16.6. The molecule has 0 spiro atoms. The normalized spacial score (nSPS) is 16.8. The summed E-state index contributed by atoms with van der Waals surface area (Å²) in [6.45, 7) is 6.02. The predicted molar refractivity (Wildman–Crippen MR) is 70.6 cm³/mol. The quantitative estimate of drug-likeness (QED) is 0.886. The van der Waals surface area contributed by atoms with Gasteiger partial charge in [0.15, 0.2) is 0 Å². The van der Waals surface area contributed by atoms with E-state index in [1.54, 1.807) is 4.90 Å².